The summed E-state index contributed by atoms with van der Waals surface area (Å²) in [6, 6.07) is 4.08. The van der Waals surface area contributed by atoms with Crippen molar-refractivity contribution in [2.75, 3.05) is 13.6 Å². The Balaban J connectivity index is 1.76. The third-order valence-corrected chi connectivity index (χ3v) is 6.46. The van der Waals surface area contributed by atoms with Gasteiger partial charge in [-0.15, -0.1) is 0 Å². The molecule has 0 saturated carbocycles. The Morgan fingerprint density at radius 1 is 1.42 bits per heavy atom. The maximum Gasteiger partial charge on any atom is 0.303 e. The highest BCUT2D eigenvalue weighted by molar-refractivity contribution is 5.67. The molecule has 24 heavy (non-hydrogen) atoms. The van der Waals surface area contributed by atoms with E-state index < -0.39 is 0 Å². The summed E-state index contributed by atoms with van der Waals surface area (Å²) in [6.07, 6.45) is 5.52. The highest BCUT2D eigenvalue weighted by Crippen LogP contribution is 2.62. The average molecular weight is 327 g/mol. The van der Waals surface area contributed by atoms with Crippen molar-refractivity contribution in [2.45, 2.75) is 43.4 Å². The van der Waals surface area contributed by atoms with Crippen LogP contribution in [0.5, 0.6) is 11.5 Å². The highest BCUT2D eigenvalue weighted by Gasteiger charge is 2.65. The van der Waals surface area contributed by atoms with Gasteiger partial charge in [-0.05, 0) is 50.2 Å². The van der Waals surface area contributed by atoms with Gasteiger partial charge in [0.1, 0.15) is 12.2 Å². The van der Waals surface area contributed by atoms with Crippen LogP contribution in [0.25, 0.3) is 0 Å². The topological polar surface area (TPSA) is 59.0 Å². The van der Waals surface area contributed by atoms with E-state index in [9.17, 15) is 9.90 Å². The summed E-state index contributed by atoms with van der Waals surface area (Å²) in [7, 11) is 2.15. The van der Waals surface area contributed by atoms with Crippen molar-refractivity contribution in [3.8, 4) is 11.5 Å². The molecule has 0 aromatic heterocycles. The van der Waals surface area contributed by atoms with E-state index in [4.69, 9.17) is 9.47 Å². The van der Waals surface area contributed by atoms with Gasteiger partial charge in [-0.2, -0.15) is 0 Å². The quantitative estimate of drug-likeness (QED) is 0.629. The molecule has 5 atom stereocenters. The fourth-order valence-corrected chi connectivity index (χ4v) is 5.59. The summed E-state index contributed by atoms with van der Waals surface area (Å²) in [5.74, 6) is 0.761. The third-order valence-electron chi connectivity index (χ3n) is 6.46. The molecule has 1 N–H and O–H groups in total. The largest absolute Gasteiger partial charge is 0.504 e. The first-order chi connectivity index (χ1) is 11.5. The predicted molar refractivity (Wildman–Crippen MR) is 87.1 cm³/mol. The zero-order chi connectivity index (χ0) is 16.6. The van der Waals surface area contributed by atoms with E-state index in [0.717, 1.165) is 24.9 Å². The van der Waals surface area contributed by atoms with Crippen molar-refractivity contribution in [3.05, 3.63) is 35.4 Å². The van der Waals surface area contributed by atoms with Crippen molar-refractivity contribution >= 4 is 5.97 Å². The summed E-state index contributed by atoms with van der Waals surface area (Å²) in [6.45, 7) is 2.45. The van der Waals surface area contributed by atoms with E-state index >= 15 is 0 Å². The Morgan fingerprint density at radius 3 is 3.04 bits per heavy atom. The van der Waals surface area contributed by atoms with E-state index in [0.29, 0.717) is 11.8 Å². The van der Waals surface area contributed by atoms with Crippen LogP contribution in [0.4, 0.5) is 0 Å². The number of piperidine rings is 1. The molecule has 5 rings (SSSR count). The van der Waals surface area contributed by atoms with Crippen molar-refractivity contribution < 1.29 is 19.4 Å². The number of esters is 1. The minimum absolute atomic E-state index is 0.0899. The second-order valence-corrected chi connectivity index (χ2v) is 7.51. The summed E-state index contributed by atoms with van der Waals surface area (Å²) < 4.78 is 11.9. The zero-order valence-electron chi connectivity index (χ0n) is 13.9. The van der Waals surface area contributed by atoms with Gasteiger partial charge in [-0.1, -0.05) is 6.07 Å². The summed E-state index contributed by atoms with van der Waals surface area (Å²) in [5, 5.41) is 10.3. The number of likely N-dealkylation sites (tertiary alicyclic amines) is 1. The zero-order valence-corrected chi connectivity index (χ0v) is 13.9. The Bertz CT molecular complexity index is 773. The molecular weight excluding hydrogens is 306 g/mol. The van der Waals surface area contributed by atoms with E-state index in [2.05, 4.69) is 11.9 Å². The molecule has 2 bridgehead atoms. The second-order valence-electron chi connectivity index (χ2n) is 7.51. The molecule has 1 fully saturated rings. The fraction of sp³-hybridized carbons (Fsp3) is 0.526. The molecule has 1 spiro atoms. The maximum absolute atomic E-state index is 11.6. The van der Waals surface area contributed by atoms with Gasteiger partial charge in [0, 0.05) is 29.9 Å². The van der Waals surface area contributed by atoms with Crippen molar-refractivity contribution in [2.24, 2.45) is 5.92 Å². The number of hydrogen-bond donors (Lipinski definition) is 1. The standard InChI is InChI=1S/C19H21NO4/c1-10(21)23-14-5-6-15-19-7-8-20(2)12(17(14)19)9-11-3-4-13(22)18(24-15)16(11)19/h3-6,12,14-15,17,22H,7-9H2,1-2H3/t12-,14+,15+,17-,19-/m1/s1. The number of phenolic OH excluding ortho intramolecular Hbond substituents is 1. The van der Waals surface area contributed by atoms with Gasteiger partial charge in [0.15, 0.2) is 11.5 Å². The molecule has 0 unspecified atom stereocenters. The first kappa shape index (κ1) is 14.3. The Hall–Kier alpha value is -2.01. The predicted octanol–water partition coefficient (Wildman–Crippen LogP) is 1.77. The van der Waals surface area contributed by atoms with Crippen molar-refractivity contribution in [1.29, 1.82) is 0 Å². The summed E-state index contributed by atoms with van der Waals surface area (Å²) in [5.41, 5.74) is 2.21. The van der Waals surface area contributed by atoms with Crippen LogP contribution in [0, 0.1) is 5.92 Å². The lowest BCUT2D eigenvalue weighted by Crippen LogP contribution is -2.66. The van der Waals surface area contributed by atoms with Gasteiger partial charge >= 0.3 is 5.97 Å². The number of hydrogen-bond acceptors (Lipinski definition) is 5. The fourth-order valence-electron chi connectivity index (χ4n) is 5.59. The number of phenols is 1. The molecule has 1 saturated heterocycles. The molecule has 1 aromatic carbocycles. The van der Waals surface area contributed by atoms with Gasteiger partial charge in [0.05, 0.1) is 0 Å². The molecule has 4 aliphatic rings. The van der Waals surface area contributed by atoms with Crippen LogP contribution in [0.3, 0.4) is 0 Å². The molecule has 5 nitrogen and oxygen atoms in total. The molecule has 5 heteroatoms. The Morgan fingerprint density at radius 2 is 2.25 bits per heavy atom. The van der Waals surface area contributed by atoms with Gasteiger partial charge in [-0.3, -0.25) is 4.79 Å². The van der Waals surface area contributed by atoms with Gasteiger partial charge in [0.25, 0.3) is 0 Å². The normalized spacial score (nSPS) is 38.4. The van der Waals surface area contributed by atoms with Crippen LogP contribution >= 0.6 is 0 Å². The van der Waals surface area contributed by atoms with E-state index in [1.807, 2.05) is 18.2 Å². The molecule has 0 radical (unpaired) electrons. The van der Waals surface area contributed by atoms with Crippen LogP contribution < -0.4 is 4.74 Å². The Labute approximate surface area is 140 Å². The van der Waals surface area contributed by atoms with Crippen LogP contribution in [-0.2, 0) is 21.4 Å². The minimum atomic E-state index is -0.249. The van der Waals surface area contributed by atoms with E-state index in [1.54, 1.807) is 6.07 Å². The number of aromatic hydroxyl groups is 1. The number of likely N-dealkylation sites (N-methyl/N-ethyl adjacent to an activating group) is 1. The molecule has 126 valence electrons. The first-order valence-electron chi connectivity index (χ1n) is 8.60. The summed E-state index contributed by atoms with van der Waals surface area (Å²) >= 11 is 0. The molecule has 2 heterocycles. The summed E-state index contributed by atoms with van der Waals surface area (Å²) in [4.78, 5) is 14.0. The van der Waals surface area contributed by atoms with Crippen LogP contribution in [0.2, 0.25) is 0 Å². The average Bonchev–Trinajstić information content (AvgIpc) is 2.88. The molecule has 2 aliphatic carbocycles. The van der Waals surface area contributed by atoms with Crippen LogP contribution in [-0.4, -0.2) is 47.8 Å². The van der Waals surface area contributed by atoms with E-state index in [-0.39, 0.29) is 35.3 Å². The monoisotopic (exact) mass is 327 g/mol. The number of carbonyl (C=O) groups excluding carboxylic acids is 1. The smallest absolute Gasteiger partial charge is 0.303 e. The lowest BCUT2D eigenvalue weighted by molar-refractivity contribution is -0.153. The van der Waals surface area contributed by atoms with Crippen LogP contribution in [0.15, 0.2) is 24.3 Å². The second kappa shape index (κ2) is 4.54. The Kier molecular flexibility index (Phi) is 2.71. The van der Waals surface area contributed by atoms with Gasteiger partial charge < -0.3 is 19.5 Å². The van der Waals surface area contributed by atoms with Crippen molar-refractivity contribution in [1.82, 2.24) is 4.90 Å². The SMILES string of the molecule is CC(=O)O[C@H]1C=C[C@@H]2Oc3c(O)ccc4c3[C@@]23CCN(C)[C@H](C4)[C@H]13. The lowest BCUT2D eigenvalue weighted by atomic mass is 9.52. The highest BCUT2D eigenvalue weighted by atomic mass is 16.5. The molecule has 1 aromatic rings. The first-order valence-corrected chi connectivity index (χ1v) is 8.60. The number of nitrogens with zero attached hydrogens (tertiary/aromatic N) is 1. The number of rotatable bonds is 1. The lowest BCUT2D eigenvalue weighted by Gasteiger charge is -2.57. The molecule has 2 aliphatic heterocycles. The number of benzene rings is 1. The van der Waals surface area contributed by atoms with Gasteiger partial charge in [-0.25, -0.2) is 0 Å². The minimum Gasteiger partial charge on any atom is -0.504 e. The number of ether oxygens (including phenoxy) is 2. The van der Waals surface area contributed by atoms with Gasteiger partial charge in [0.2, 0.25) is 0 Å². The molecular formula is C19H21NO4. The maximum atomic E-state index is 11.6. The van der Waals surface area contributed by atoms with Crippen molar-refractivity contribution in [3.63, 3.8) is 0 Å². The molecule has 0 amide bonds. The third kappa shape index (κ3) is 1.56. The van der Waals surface area contributed by atoms with E-state index in [1.165, 1.54) is 12.5 Å². The number of carbonyl (C=O) groups is 1. The van der Waals surface area contributed by atoms with Crippen LogP contribution in [0.1, 0.15) is 24.5 Å².